The lowest BCUT2D eigenvalue weighted by Crippen LogP contribution is -2.44. The van der Waals surface area contributed by atoms with E-state index in [1.807, 2.05) is 0 Å². The van der Waals surface area contributed by atoms with Gasteiger partial charge in [0.2, 0.25) is 0 Å². The molecule has 0 aromatic carbocycles. The number of aliphatic hydroxyl groups is 1. The van der Waals surface area contributed by atoms with E-state index in [1.165, 1.54) is 22.7 Å². The zero-order chi connectivity index (χ0) is 10.1. The highest BCUT2D eigenvalue weighted by molar-refractivity contribution is 7.86. The van der Waals surface area contributed by atoms with Crippen molar-refractivity contribution < 1.29 is 13.5 Å². The number of hydrogen-bond donors (Lipinski definition) is 1. The van der Waals surface area contributed by atoms with Gasteiger partial charge in [-0.05, 0) is 12.8 Å². The normalized spacial score (nSPS) is 25.7. The van der Waals surface area contributed by atoms with E-state index in [1.54, 1.807) is 0 Å². The Morgan fingerprint density at radius 2 is 2.15 bits per heavy atom. The summed E-state index contributed by atoms with van der Waals surface area (Å²) in [5.74, 6) is 0. The summed E-state index contributed by atoms with van der Waals surface area (Å²) in [4.78, 5) is 0. The van der Waals surface area contributed by atoms with Crippen LogP contribution in [0.15, 0.2) is 0 Å². The number of aliphatic hydroxyl groups excluding tert-OH is 1. The van der Waals surface area contributed by atoms with Gasteiger partial charge in [-0.2, -0.15) is 17.0 Å². The molecule has 5 nitrogen and oxygen atoms in total. The SMILES string of the molecule is CN(C)S(=O)(=O)N1CCC[C@H]1CO. The lowest BCUT2D eigenvalue weighted by atomic mass is 10.2. The fraction of sp³-hybridized carbons (Fsp3) is 1.00. The summed E-state index contributed by atoms with van der Waals surface area (Å²) >= 11 is 0. The van der Waals surface area contributed by atoms with Gasteiger partial charge in [0.1, 0.15) is 0 Å². The third-order valence-corrected chi connectivity index (χ3v) is 4.29. The maximum absolute atomic E-state index is 11.6. The van der Waals surface area contributed by atoms with Crippen LogP contribution in [0.3, 0.4) is 0 Å². The van der Waals surface area contributed by atoms with E-state index in [4.69, 9.17) is 5.11 Å². The smallest absolute Gasteiger partial charge is 0.281 e. The van der Waals surface area contributed by atoms with Crippen molar-refractivity contribution in [3.63, 3.8) is 0 Å². The van der Waals surface area contributed by atoms with Crippen LogP contribution in [0, 0.1) is 0 Å². The number of rotatable bonds is 3. The van der Waals surface area contributed by atoms with E-state index in [0.717, 1.165) is 12.8 Å². The van der Waals surface area contributed by atoms with Crippen molar-refractivity contribution in [2.45, 2.75) is 18.9 Å². The highest BCUT2D eigenvalue weighted by atomic mass is 32.2. The molecule has 0 radical (unpaired) electrons. The average molecular weight is 208 g/mol. The molecule has 1 rings (SSSR count). The Labute approximate surface area is 79.1 Å². The predicted octanol–water partition coefficient (Wildman–Crippen LogP) is -0.750. The third kappa shape index (κ3) is 2.01. The van der Waals surface area contributed by atoms with Gasteiger partial charge in [-0.3, -0.25) is 0 Å². The molecule has 1 atom stereocenters. The maximum Gasteiger partial charge on any atom is 0.281 e. The summed E-state index contributed by atoms with van der Waals surface area (Å²) in [6.45, 7) is 0.429. The zero-order valence-electron chi connectivity index (χ0n) is 7.97. The van der Waals surface area contributed by atoms with Crippen molar-refractivity contribution >= 4 is 10.2 Å². The van der Waals surface area contributed by atoms with Crippen molar-refractivity contribution in [3.05, 3.63) is 0 Å². The highest BCUT2D eigenvalue weighted by Gasteiger charge is 2.34. The van der Waals surface area contributed by atoms with Gasteiger partial charge in [-0.15, -0.1) is 0 Å². The summed E-state index contributed by atoms with van der Waals surface area (Å²) in [5, 5.41) is 8.96. The lowest BCUT2D eigenvalue weighted by Gasteiger charge is -2.25. The van der Waals surface area contributed by atoms with E-state index in [2.05, 4.69) is 0 Å². The molecule has 1 saturated heterocycles. The van der Waals surface area contributed by atoms with Gasteiger partial charge in [0, 0.05) is 26.7 Å². The Hall–Kier alpha value is -0.170. The fourth-order valence-electron chi connectivity index (χ4n) is 1.51. The van der Waals surface area contributed by atoms with Crippen molar-refractivity contribution in [3.8, 4) is 0 Å². The number of hydrogen-bond acceptors (Lipinski definition) is 3. The van der Waals surface area contributed by atoms with E-state index in [9.17, 15) is 8.42 Å². The summed E-state index contributed by atoms with van der Waals surface area (Å²) in [7, 11) is -0.327. The minimum absolute atomic E-state index is 0.0902. The van der Waals surface area contributed by atoms with Gasteiger partial charge in [-0.25, -0.2) is 0 Å². The molecule has 1 aliphatic rings. The second kappa shape index (κ2) is 3.91. The van der Waals surface area contributed by atoms with Gasteiger partial charge in [0.25, 0.3) is 10.2 Å². The summed E-state index contributed by atoms with van der Waals surface area (Å²) in [6, 6.07) is -0.229. The summed E-state index contributed by atoms with van der Waals surface area (Å²) in [5.41, 5.74) is 0. The van der Waals surface area contributed by atoms with Crippen molar-refractivity contribution in [2.75, 3.05) is 27.2 Å². The lowest BCUT2D eigenvalue weighted by molar-refractivity contribution is 0.209. The first-order valence-corrected chi connectivity index (χ1v) is 5.70. The van der Waals surface area contributed by atoms with Crippen LogP contribution in [0.2, 0.25) is 0 Å². The molecule has 0 spiro atoms. The molecule has 13 heavy (non-hydrogen) atoms. The van der Waals surface area contributed by atoms with Crippen LogP contribution in [0.4, 0.5) is 0 Å². The van der Waals surface area contributed by atoms with Crippen LogP contribution in [0.5, 0.6) is 0 Å². The van der Waals surface area contributed by atoms with Crippen molar-refractivity contribution in [1.82, 2.24) is 8.61 Å². The molecular formula is C7H16N2O3S. The molecule has 1 N–H and O–H groups in total. The van der Waals surface area contributed by atoms with Crippen LogP contribution in [-0.2, 0) is 10.2 Å². The van der Waals surface area contributed by atoms with E-state index < -0.39 is 10.2 Å². The average Bonchev–Trinajstić information content (AvgIpc) is 2.51. The fourth-order valence-corrected chi connectivity index (χ4v) is 2.83. The van der Waals surface area contributed by atoms with E-state index in [-0.39, 0.29) is 12.6 Å². The second-order valence-electron chi connectivity index (χ2n) is 3.38. The minimum atomic E-state index is -3.33. The Morgan fingerprint density at radius 3 is 2.62 bits per heavy atom. The van der Waals surface area contributed by atoms with Gasteiger partial charge in [-0.1, -0.05) is 0 Å². The molecule has 0 saturated carbocycles. The van der Waals surface area contributed by atoms with Crippen molar-refractivity contribution in [1.29, 1.82) is 0 Å². The first kappa shape index (κ1) is 10.9. The largest absolute Gasteiger partial charge is 0.395 e. The molecule has 0 aliphatic carbocycles. The topological polar surface area (TPSA) is 60.9 Å². The Balaban J connectivity index is 2.82. The van der Waals surface area contributed by atoms with Crippen LogP contribution >= 0.6 is 0 Å². The monoisotopic (exact) mass is 208 g/mol. The first-order valence-electron chi connectivity index (χ1n) is 4.30. The highest BCUT2D eigenvalue weighted by Crippen LogP contribution is 2.21. The molecule has 0 bridgehead atoms. The molecule has 0 unspecified atom stereocenters. The summed E-state index contributed by atoms with van der Waals surface area (Å²) < 4.78 is 25.8. The second-order valence-corrected chi connectivity index (χ2v) is 5.47. The molecule has 0 amide bonds. The molecule has 1 heterocycles. The first-order chi connectivity index (χ1) is 6.00. The van der Waals surface area contributed by atoms with Crippen LogP contribution < -0.4 is 0 Å². The Morgan fingerprint density at radius 1 is 1.54 bits per heavy atom. The molecule has 0 aromatic rings. The predicted molar refractivity (Wildman–Crippen MR) is 49.4 cm³/mol. The quantitative estimate of drug-likeness (QED) is 0.664. The van der Waals surface area contributed by atoms with Crippen LogP contribution in [0.1, 0.15) is 12.8 Å². The molecule has 78 valence electrons. The van der Waals surface area contributed by atoms with E-state index in [0.29, 0.717) is 6.54 Å². The maximum atomic E-state index is 11.6. The standard InChI is InChI=1S/C7H16N2O3S/c1-8(2)13(11,12)9-5-3-4-7(9)6-10/h7,10H,3-6H2,1-2H3/t7-/m0/s1. The van der Waals surface area contributed by atoms with Gasteiger partial charge in [0.05, 0.1) is 6.61 Å². The van der Waals surface area contributed by atoms with E-state index >= 15 is 0 Å². The van der Waals surface area contributed by atoms with Gasteiger partial charge >= 0.3 is 0 Å². The van der Waals surface area contributed by atoms with Crippen molar-refractivity contribution in [2.24, 2.45) is 0 Å². The molecule has 0 aromatic heterocycles. The molecule has 6 heteroatoms. The minimum Gasteiger partial charge on any atom is -0.395 e. The molecular weight excluding hydrogens is 192 g/mol. The number of nitrogens with zero attached hydrogens (tertiary/aromatic N) is 2. The Kier molecular flexibility index (Phi) is 3.28. The van der Waals surface area contributed by atoms with Gasteiger partial charge in [0.15, 0.2) is 0 Å². The molecule has 1 fully saturated rings. The van der Waals surface area contributed by atoms with Crippen LogP contribution in [-0.4, -0.2) is 55.4 Å². The third-order valence-electron chi connectivity index (χ3n) is 2.29. The van der Waals surface area contributed by atoms with Crippen LogP contribution in [0.25, 0.3) is 0 Å². The summed E-state index contributed by atoms with van der Waals surface area (Å²) in [6.07, 6.45) is 1.59. The molecule has 1 aliphatic heterocycles. The zero-order valence-corrected chi connectivity index (χ0v) is 8.79. The Bertz CT molecular complexity index is 263. The van der Waals surface area contributed by atoms with Gasteiger partial charge < -0.3 is 5.11 Å².